The standard InChI is InChI=1S/C14H15F3N6O/c15-14(16,17)8-2-1-3-9(6-8)20-13-22-11(21-12(18)23-13)10-7-19-4-5-24-10/h1-3,6,10,19H,4-5,7H2,(H3,18,20,21,22,23). The Bertz CT molecular complexity index is 718. The van der Waals surface area contributed by atoms with Gasteiger partial charge in [0, 0.05) is 18.8 Å². The molecule has 1 atom stereocenters. The van der Waals surface area contributed by atoms with Gasteiger partial charge in [-0.3, -0.25) is 0 Å². The summed E-state index contributed by atoms with van der Waals surface area (Å²) < 4.78 is 43.8. The lowest BCUT2D eigenvalue weighted by Crippen LogP contribution is -2.34. The number of halogens is 3. The molecule has 1 unspecified atom stereocenters. The van der Waals surface area contributed by atoms with Gasteiger partial charge < -0.3 is 21.1 Å². The maximum absolute atomic E-state index is 12.8. The van der Waals surface area contributed by atoms with Gasteiger partial charge in [0.15, 0.2) is 5.82 Å². The molecule has 1 fully saturated rings. The van der Waals surface area contributed by atoms with Gasteiger partial charge in [0.1, 0.15) is 6.10 Å². The zero-order valence-corrected chi connectivity index (χ0v) is 12.5. The van der Waals surface area contributed by atoms with Gasteiger partial charge in [-0.15, -0.1) is 0 Å². The molecule has 0 aliphatic carbocycles. The molecule has 1 aliphatic heterocycles. The van der Waals surface area contributed by atoms with Crippen LogP contribution in [0, 0.1) is 0 Å². The average molecular weight is 340 g/mol. The van der Waals surface area contributed by atoms with E-state index in [1.165, 1.54) is 12.1 Å². The topological polar surface area (TPSA) is 98.0 Å². The zero-order chi connectivity index (χ0) is 17.2. The summed E-state index contributed by atoms with van der Waals surface area (Å²) in [5.74, 6) is 0.346. The number of nitrogens with zero attached hydrogens (tertiary/aromatic N) is 3. The molecule has 0 amide bonds. The number of nitrogens with two attached hydrogens (primary N) is 1. The molecule has 0 radical (unpaired) electrons. The average Bonchev–Trinajstić information content (AvgIpc) is 2.54. The molecule has 1 aliphatic rings. The monoisotopic (exact) mass is 340 g/mol. The highest BCUT2D eigenvalue weighted by molar-refractivity contribution is 5.55. The summed E-state index contributed by atoms with van der Waals surface area (Å²) >= 11 is 0. The second-order valence-corrected chi connectivity index (χ2v) is 5.14. The van der Waals surface area contributed by atoms with Crippen LogP contribution in [-0.2, 0) is 10.9 Å². The number of benzene rings is 1. The van der Waals surface area contributed by atoms with Gasteiger partial charge in [0.25, 0.3) is 0 Å². The summed E-state index contributed by atoms with van der Waals surface area (Å²) in [6.07, 6.45) is -4.81. The number of hydrogen-bond acceptors (Lipinski definition) is 7. The van der Waals surface area contributed by atoms with Crippen molar-refractivity contribution in [1.82, 2.24) is 20.3 Å². The van der Waals surface area contributed by atoms with E-state index in [-0.39, 0.29) is 23.7 Å². The summed E-state index contributed by atoms with van der Waals surface area (Å²) in [6.45, 7) is 1.76. The molecule has 1 saturated heterocycles. The van der Waals surface area contributed by atoms with E-state index in [2.05, 4.69) is 25.6 Å². The minimum atomic E-state index is -4.43. The highest BCUT2D eigenvalue weighted by Gasteiger charge is 2.30. The van der Waals surface area contributed by atoms with E-state index in [4.69, 9.17) is 10.5 Å². The summed E-state index contributed by atoms with van der Waals surface area (Å²) in [5.41, 5.74) is 5.09. The first-order valence-electron chi connectivity index (χ1n) is 7.20. The maximum atomic E-state index is 12.8. The third kappa shape index (κ3) is 3.89. The van der Waals surface area contributed by atoms with Gasteiger partial charge in [0.05, 0.1) is 12.2 Å². The normalized spacial score (nSPS) is 18.4. The van der Waals surface area contributed by atoms with Gasteiger partial charge in [0.2, 0.25) is 11.9 Å². The molecule has 4 N–H and O–H groups in total. The number of hydrogen-bond donors (Lipinski definition) is 3. The highest BCUT2D eigenvalue weighted by atomic mass is 19.4. The number of aromatic nitrogens is 3. The molecule has 10 heteroatoms. The summed E-state index contributed by atoms with van der Waals surface area (Å²) in [5, 5.41) is 5.85. The second-order valence-electron chi connectivity index (χ2n) is 5.14. The zero-order valence-electron chi connectivity index (χ0n) is 12.5. The molecular formula is C14H15F3N6O. The van der Waals surface area contributed by atoms with E-state index in [0.29, 0.717) is 19.0 Å². The van der Waals surface area contributed by atoms with Gasteiger partial charge in [-0.1, -0.05) is 6.07 Å². The van der Waals surface area contributed by atoms with Crippen LogP contribution < -0.4 is 16.4 Å². The summed E-state index contributed by atoms with van der Waals surface area (Å²) in [7, 11) is 0. The first-order valence-corrected chi connectivity index (χ1v) is 7.20. The molecule has 0 bridgehead atoms. The van der Waals surface area contributed by atoms with Crippen LogP contribution in [0.25, 0.3) is 0 Å². The smallest absolute Gasteiger partial charge is 0.368 e. The van der Waals surface area contributed by atoms with Crippen LogP contribution in [0.4, 0.5) is 30.8 Å². The van der Waals surface area contributed by atoms with Crippen LogP contribution in [0.2, 0.25) is 0 Å². The number of anilines is 3. The molecule has 24 heavy (non-hydrogen) atoms. The van der Waals surface area contributed by atoms with Crippen molar-refractivity contribution in [2.75, 3.05) is 30.7 Å². The van der Waals surface area contributed by atoms with E-state index >= 15 is 0 Å². The van der Waals surface area contributed by atoms with Crippen molar-refractivity contribution in [3.63, 3.8) is 0 Å². The van der Waals surface area contributed by atoms with E-state index in [1.807, 2.05) is 0 Å². The van der Waals surface area contributed by atoms with E-state index in [1.54, 1.807) is 0 Å². The SMILES string of the molecule is Nc1nc(Nc2cccc(C(F)(F)F)c2)nc(C2CNCCO2)n1. The van der Waals surface area contributed by atoms with E-state index in [9.17, 15) is 13.2 Å². The maximum Gasteiger partial charge on any atom is 0.416 e. The molecular weight excluding hydrogens is 325 g/mol. The lowest BCUT2D eigenvalue weighted by molar-refractivity contribution is -0.137. The highest BCUT2D eigenvalue weighted by Crippen LogP contribution is 2.31. The Morgan fingerprint density at radius 1 is 1.25 bits per heavy atom. The quantitative estimate of drug-likeness (QED) is 0.785. The minimum absolute atomic E-state index is 0.0383. The Hall–Kier alpha value is -2.46. The fourth-order valence-electron chi connectivity index (χ4n) is 2.24. The lowest BCUT2D eigenvalue weighted by atomic mass is 10.2. The molecule has 3 rings (SSSR count). The Morgan fingerprint density at radius 2 is 2.08 bits per heavy atom. The van der Waals surface area contributed by atoms with Crippen LogP contribution in [0.3, 0.4) is 0 Å². The van der Waals surface area contributed by atoms with Gasteiger partial charge in [-0.25, -0.2) is 0 Å². The third-order valence-corrected chi connectivity index (χ3v) is 3.33. The van der Waals surface area contributed by atoms with Gasteiger partial charge in [-0.2, -0.15) is 28.1 Å². The largest absolute Gasteiger partial charge is 0.416 e. The number of nitrogen functional groups attached to an aromatic ring is 1. The van der Waals surface area contributed by atoms with Crippen molar-refractivity contribution in [3.05, 3.63) is 35.7 Å². The van der Waals surface area contributed by atoms with Gasteiger partial charge in [-0.05, 0) is 18.2 Å². The van der Waals surface area contributed by atoms with Crippen LogP contribution >= 0.6 is 0 Å². The molecule has 1 aromatic heterocycles. The third-order valence-electron chi connectivity index (χ3n) is 3.33. The first kappa shape index (κ1) is 16.4. The second kappa shape index (κ2) is 6.57. The number of rotatable bonds is 3. The molecule has 128 valence electrons. The van der Waals surface area contributed by atoms with E-state index in [0.717, 1.165) is 18.7 Å². The number of nitrogens with one attached hydrogen (secondary N) is 2. The number of morpholine rings is 1. The fourth-order valence-corrected chi connectivity index (χ4v) is 2.24. The number of alkyl halides is 3. The van der Waals surface area contributed by atoms with Crippen LogP contribution in [0.5, 0.6) is 0 Å². The van der Waals surface area contributed by atoms with Crippen molar-refractivity contribution in [2.45, 2.75) is 12.3 Å². The summed E-state index contributed by atoms with van der Waals surface area (Å²) in [4.78, 5) is 12.1. The van der Waals surface area contributed by atoms with Crippen molar-refractivity contribution in [2.24, 2.45) is 0 Å². The molecule has 2 heterocycles. The predicted molar refractivity (Wildman–Crippen MR) is 80.5 cm³/mol. The fraction of sp³-hybridized carbons (Fsp3) is 0.357. The Labute approximate surface area is 135 Å². The summed E-state index contributed by atoms with van der Waals surface area (Å²) in [6, 6.07) is 4.73. The Kier molecular flexibility index (Phi) is 4.49. The Balaban J connectivity index is 1.83. The number of ether oxygens (including phenoxy) is 1. The first-order chi connectivity index (χ1) is 11.4. The van der Waals surface area contributed by atoms with Crippen molar-refractivity contribution in [3.8, 4) is 0 Å². The van der Waals surface area contributed by atoms with Crippen LogP contribution in [0.1, 0.15) is 17.5 Å². The molecule has 0 saturated carbocycles. The molecule has 7 nitrogen and oxygen atoms in total. The van der Waals surface area contributed by atoms with Crippen LogP contribution in [-0.4, -0.2) is 34.6 Å². The van der Waals surface area contributed by atoms with E-state index < -0.39 is 11.7 Å². The Morgan fingerprint density at radius 3 is 2.79 bits per heavy atom. The molecule has 2 aromatic rings. The van der Waals surface area contributed by atoms with Crippen molar-refractivity contribution < 1.29 is 17.9 Å². The predicted octanol–water partition coefficient (Wildman–Crippen LogP) is 1.88. The lowest BCUT2D eigenvalue weighted by Gasteiger charge is -2.22. The van der Waals surface area contributed by atoms with Crippen molar-refractivity contribution >= 4 is 17.6 Å². The van der Waals surface area contributed by atoms with Crippen molar-refractivity contribution in [1.29, 1.82) is 0 Å². The minimum Gasteiger partial charge on any atom is -0.368 e. The van der Waals surface area contributed by atoms with Crippen LogP contribution in [0.15, 0.2) is 24.3 Å². The molecule has 1 aromatic carbocycles. The molecule has 0 spiro atoms. The van der Waals surface area contributed by atoms with Gasteiger partial charge >= 0.3 is 6.18 Å².